The lowest BCUT2D eigenvalue weighted by Crippen LogP contribution is -2.27. The molecule has 4 rings (SSSR count). The first-order chi connectivity index (χ1) is 13.8. The van der Waals surface area contributed by atoms with Gasteiger partial charge in [-0.3, -0.25) is 14.5 Å². The number of carbonyl (C=O) groups is 2. The molecule has 1 saturated heterocycles. The van der Waals surface area contributed by atoms with Crippen molar-refractivity contribution in [2.45, 2.75) is 12.6 Å². The quantitative estimate of drug-likeness (QED) is 0.628. The van der Waals surface area contributed by atoms with Gasteiger partial charge in [-0.05, 0) is 12.1 Å². The van der Waals surface area contributed by atoms with Crippen molar-refractivity contribution >= 4 is 23.3 Å². The fourth-order valence-corrected chi connectivity index (χ4v) is 3.31. The highest BCUT2D eigenvalue weighted by atomic mass is 19.4. The fraction of sp³-hybridized carbons (Fsp3) is 0.263. The minimum atomic E-state index is -4.44. The number of hydrogen-bond donors (Lipinski definition) is 0. The van der Waals surface area contributed by atoms with Gasteiger partial charge in [0.15, 0.2) is 11.5 Å². The van der Waals surface area contributed by atoms with Gasteiger partial charge < -0.3 is 9.14 Å². The van der Waals surface area contributed by atoms with Gasteiger partial charge in [-0.15, -0.1) is 0 Å². The van der Waals surface area contributed by atoms with Crippen LogP contribution in [0.3, 0.4) is 0 Å². The first-order valence-corrected chi connectivity index (χ1v) is 8.67. The van der Waals surface area contributed by atoms with E-state index in [4.69, 9.17) is 4.74 Å². The molecule has 7 nitrogen and oxygen atoms in total. The average Bonchev–Trinajstić information content (AvgIpc) is 3.32. The first kappa shape index (κ1) is 18.9. The number of fused-ring (bicyclic) bond motifs is 1. The van der Waals surface area contributed by atoms with Crippen LogP contribution in [0.1, 0.15) is 12.0 Å². The molecular weight excluding hydrogens is 389 g/mol. The number of alkyl halides is 3. The zero-order valence-electron chi connectivity index (χ0n) is 15.2. The topological polar surface area (TPSA) is 76.8 Å². The summed E-state index contributed by atoms with van der Waals surface area (Å²) in [5, 5.41) is 0. The molecule has 1 amide bonds. The number of imidazole rings is 1. The van der Waals surface area contributed by atoms with E-state index in [1.807, 2.05) is 0 Å². The van der Waals surface area contributed by atoms with E-state index in [9.17, 15) is 22.8 Å². The van der Waals surface area contributed by atoms with Crippen molar-refractivity contribution in [3.63, 3.8) is 0 Å². The van der Waals surface area contributed by atoms with Crippen molar-refractivity contribution in [2.75, 3.05) is 18.6 Å². The summed E-state index contributed by atoms with van der Waals surface area (Å²) in [5.41, 5.74) is 0.417. The Kier molecular flexibility index (Phi) is 4.48. The molecule has 1 aliphatic heterocycles. The number of benzene rings is 1. The van der Waals surface area contributed by atoms with Crippen molar-refractivity contribution < 1.29 is 27.5 Å². The summed E-state index contributed by atoms with van der Waals surface area (Å²) < 4.78 is 44.9. The molecule has 0 saturated carbocycles. The molecule has 1 aromatic carbocycles. The van der Waals surface area contributed by atoms with Crippen LogP contribution in [0.5, 0.6) is 0 Å². The van der Waals surface area contributed by atoms with Crippen LogP contribution >= 0.6 is 0 Å². The average molecular weight is 404 g/mol. The number of anilines is 1. The summed E-state index contributed by atoms with van der Waals surface area (Å²) in [7, 11) is 1.26. The number of esters is 1. The second kappa shape index (κ2) is 6.87. The van der Waals surface area contributed by atoms with Crippen molar-refractivity contribution in [3.05, 3.63) is 48.4 Å². The van der Waals surface area contributed by atoms with Crippen LogP contribution in [0.2, 0.25) is 0 Å². The minimum absolute atomic E-state index is 0.00588. The maximum absolute atomic E-state index is 12.9. The van der Waals surface area contributed by atoms with Crippen molar-refractivity contribution in [2.24, 2.45) is 5.92 Å². The van der Waals surface area contributed by atoms with Gasteiger partial charge in [0, 0.05) is 30.9 Å². The predicted octanol–water partition coefficient (Wildman–Crippen LogP) is 2.94. The Morgan fingerprint density at radius 1 is 1.24 bits per heavy atom. The van der Waals surface area contributed by atoms with E-state index in [-0.39, 0.29) is 24.7 Å². The molecule has 150 valence electrons. The van der Waals surface area contributed by atoms with E-state index in [0.717, 1.165) is 12.1 Å². The summed E-state index contributed by atoms with van der Waals surface area (Å²) in [6, 6.07) is 4.56. The molecule has 0 N–H and O–H groups in total. The number of amides is 1. The van der Waals surface area contributed by atoms with Crippen LogP contribution in [0.15, 0.2) is 42.9 Å². The van der Waals surface area contributed by atoms with Crippen molar-refractivity contribution in [1.29, 1.82) is 0 Å². The smallest absolute Gasteiger partial charge is 0.416 e. The number of carbonyl (C=O) groups excluding carboxylic acids is 2. The molecule has 10 heteroatoms. The zero-order valence-corrected chi connectivity index (χ0v) is 15.2. The zero-order chi connectivity index (χ0) is 20.8. The first-order valence-electron chi connectivity index (χ1n) is 8.67. The van der Waals surface area contributed by atoms with Gasteiger partial charge in [0.2, 0.25) is 5.91 Å². The monoisotopic (exact) mass is 404 g/mol. The van der Waals surface area contributed by atoms with Gasteiger partial charge in [-0.1, -0.05) is 12.1 Å². The number of methoxy groups -OCH3 is 1. The number of aromatic nitrogens is 3. The molecule has 0 spiro atoms. The van der Waals surface area contributed by atoms with E-state index >= 15 is 0 Å². The molecule has 0 aliphatic carbocycles. The maximum atomic E-state index is 12.9. The highest BCUT2D eigenvalue weighted by molar-refractivity contribution is 5.99. The molecule has 0 radical (unpaired) electrons. The molecule has 3 heterocycles. The third-order valence-corrected chi connectivity index (χ3v) is 4.78. The predicted molar refractivity (Wildman–Crippen MR) is 95.9 cm³/mol. The van der Waals surface area contributed by atoms with Gasteiger partial charge in [0.25, 0.3) is 0 Å². The summed E-state index contributed by atoms with van der Waals surface area (Å²) in [6.07, 6.45) is 0.324. The minimum Gasteiger partial charge on any atom is -0.469 e. The Morgan fingerprint density at radius 2 is 1.97 bits per heavy atom. The molecule has 29 heavy (non-hydrogen) atoms. The molecule has 0 bridgehead atoms. The number of hydrogen-bond acceptors (Lipinski definition) is 5. The van der Waals surface area contributed by atoms with Gasteiger partial charge in [-0.25, -0.2) is 9.97 Å². The Balaban J connectivity index is 1.75. The van der Waals surface area contributed by atoms with Crippen LogP contribution < -0.4 is 4.90 Å². The summed E-state index contributed by atoms with van der Waals surface area (Å²) >= 11 is 0. The van der Waals surface area contributed by atoms with Crippen LogP contribution in [0.4, 0.5) is 19.0 Å². The Hall–Kier alpha value is -3.43. The summed E-state index contributed by atoms with van der Waals surface area (Å²) in [4.78, 5) is 34.2. The van der Waals surface area contributed by atoms with Crippen molar-refractivity contribution in [3.8, 4) is 11.3 Å². The van der Waals surface area contributed by atoms with Gasteiger partial charge in [0.1, 0.15) is 5.69 Å². The third kappa shape index (κ3) is 3.41. The highest BCUT2D eigenvalue weighted by Crippen LogP contribution is 2.33. The standard InChI is InChI=1S/C19H15F3N4O3/c1-29-18(28)12-8-15(27)26(9-12)14-10-25-7-6-23-17(25)16(24-14)11-2-4-13(5-3-11)19(20,21)22/h2-7,10,12H,8-9H2,1H3. The molecule has 1 unspecified atom stereocenters. The van der Waals surface area contributed by atoms with Crippen LogP contribution in [0, 0.1) is 5.92 Å². The lowest BCUT2D eigenvalue weighted by atomic mass is 10.1. The summed E-state index contributed by atoms with van der Waals surface area (Å²) in [5.74, 6) is -1.08. The third-order valence-electron chi connectivity index (χ3n) is 4.78. The number of halogens is 3. The van der Waals surface area contributed by atoms with Crippen LogP contribution in [-0.4, -0.2) is 39.9 Å². The lowest BCUT2D eigenvalue weighted by molar-refractivity contribution is -0.145. The molecule has 2 aromatic heterocycles. The van der Waals surface area contributed by atoms with E-state index in [1.165, 1.54) is 30.3 Å². The van der Waals surface area contributed by atoms with Crippen molar-refractivity contribution in [1.82, 2.24) is 14.4 Å². The molecular formula is C19H15F3N4O3. The highest BCUT2D eigenvalue weighted by Gasteiger charge is 2.37. The largest absolute Gasteiger partial charge is 0.469 e. The van der Waals surface area contributed by atoms with Crippen LogP contribution in [0.25, 0.3) is 16.9 Å². The number of ether oxygens (including phenoxy) is 1. The maximum Gasteiger partial charge on any atom is 0.416 e. The normalized spacial score (nSPS) is 17.2. The molecule has 1 atom stereocenters. The Morgan fingerprint density at radius 3 is 2.62 bits per heavy atom. The van der Waals surface area contributed by atoms with Gasteiger partial charge in [-0.2, -0.15) is 13.2 Å². The second-order valence-corrected chi connectivity index (χ2v) is 6.61. The van der Waals surface area contributed by atoms with E-state index in [0.29, 0.717) is 16.9 Å². The number of rotatable bonds is 3. The molecule has 3 aromatic rings. The van der Waals surface area contributed by atoms with Gasteiger partial charge >= 0.3 is 12.1 Å². The molecule has 1 fully saturated rings. The Labute approximate surface area is 162 Å². The van der Waals surface area contributed by atoms with Crippen LogP contribution in [-0.2, 0) is 20.5 Å². The Bertz CT molecular complexity index is 1090. The van der Waals surface area contributed by atoms with E-state index < -0.39 is 23.6 Å². The van der Waals surface area contributed by atoms with Gasteiger partial charge in [0.05, 0.1) is 24.8 Å². The SMILES string of the molecule is COC(=O)C1CC(=O)N(c2cn3ccnc3c(-c3ccc(C(F)(F)F)cc3)n2)C1. The van der Waals surface area contributed by atoms with E-state index in [2.05, 4.69) is 9.97 Å². The molecule has 1 aliphatic rings. The van der Waals surface area contributed by atoms with E-state index in [1.54, 1.807) is 16.8 Å². The second-order valence-electron chi connectivity index (χ2n) is 6.61. The number of nitrogens with zero attached hydrogens (tertiary/aromatic N) is 4. The lowest BCUT2D eigenvalue weighted by Gasteiger charge is -2.17. The fourth-order valence-electron chi connectivity index (χ4n) is 3.31. The summed E-state index contributed by atoms with van der Waals surface area (Å²) in [6.45, 7) is 0.116.